The lowest BCUT2D eigenvalue weighted by Gasteiger charge is -2.16. The van der Waals surface area contributed by atoms with Gasteiger partial charge >= 0.3 is 12.5 Å². The van der Waals surface area contributed by atoms with E-state index in [1.165, 1.54) is 35.6 Å². The van der Waals surface area contributed by atoms with Gasteiger partial charge in [0, 0.05) is 4.88 Å². The summed E-state index contributed by atoms with van der Waals surface area (Å²) < 4.78 is 53.9. The highest BCUT2D eigenvalue weighted by molar-refractivity contribution is 7.14. The molecule has 0 bridgehead atoms. The van der Waals surface area contributed by atoms with Crippen LogP contribution in [0, 0.1) is 6.92 Å². The molecule has 0 saturated heterocycles. The molecule has 122 valence electrons. The van der Waals surface area contributed by atoms with Crippen molar-refractivity contribution >= 4 is 23.2 Å². The van der Waals surface area contributed by atoms with E-state index >= 15 is 0 Å². The number of aryl methyl sites for hydroxylation is 1. The normalized spacial score (nSPS) is 12.1. The molecule has 0 amide bonds. The minimum absolute atomic E-state index is 0.229. The fourth-order valence-electron chi connectivity index (χ4n) is 1.70. The first-order valence-corrected chi connectivity index (χ1v) is 7.33. The zero-order valence-corrected chi connectivity index (χ0v) is 12.7. The SMILES string of the molecule is Cc1ccc(C(=O)/C=C/c2cccc(OC(F)(F)C(F)F)c2)s1. The zero-order chi connectivity index (χ0) is 17.0. The second-order valence-electron chi connectivity index (χ2n) is 4.64. The number of ether oxygens (including phenoxy) is 1. The second kappa shape index (κ2) is 6.95. The predicted molar refractivity (Wildman–Crippen MR) is 80.4 cm³/mol. The van der Waals surface area contributed by atoms with Gasteiger partial charge in [0.25, 0.3) is 0 Å². The van der Waals surface area contributed by atoms with Crippen molar-refractivity contribution in [3.05, 3.63) is 57.8 Å². The maximum Gasteiger partial charge on any atom is 0.461 e. The average molecular weight is 344 g/mol. The van der Waals surface area contributed by atoms with Gasteiger partial charge in [-0.15, -0.1) is 11.3 Å². The number of allylic oxidation sites excluding steroid dienone is 1. The molecule has 0 spiro atoms. The summed E-state index contributed by atoms with van der Waals surface area (Å²) in [6.07, 6.45) is -5.79. The van der Waals surface area contributed by atoms with Gasteiger partial charge in [-0.2, -0.15) is 17.6 Å². The third kappa shape index (κ3) is 4.66. The molecular formula is C16H12F4O2S. The van der Waals surface area contributed by atoms with E-state index in [9.17, 15) is 22.4 Å². The molecule has 0 saturated carbocycles. The number of alkyl halides is 4. The van der Waals surface area contributed by atoms with Crippen LogP contribution in [-0.4, -0.2) is 18.3 Å². The third-order valence-corrected chi connectivity index (χ3v) is 3.79. The Bertz CT molecular complexity index is 722. The van der Waals surface area contributed by atoms with Crippen LogP contribution in [-0.2, 0) is 0 Å². The lowest BCUT2D eigenvalue weighted by Crippen LogP contribution is -2.33. The maximum absolute atomic E-state index is 12.9. The quantitative estimate of drug-likeness (QED) is 0.409. The first-order chi connectivity index (χ1) is 10.8. The first-order valence-electron chi connectivity index (χ1n) is 6.52. The van der Waals surface area contributed by atoms with Gasteiger partial charge in [0.05, 0.1) is 4.88 Å². The maximum atomic E-state index is 12.9. The Morgan fingerprint density at radius 1 is 1.26 bits per heavy atom. The summed E-state index contributed by atoms with van der Waals surface area (Å²) >= 11 is 1.34. The van der Waals surface area contributed by atoms with E-state index in [2.05, 4.69) is 4.74 Å². The molecule has 1 aromatic heterocycles. The van der Waals surface area contributed by atoms with E-state index in [0.29, 0.717) is 10.4 Å². The predicted octanol–water partition coefficient (Wildman–Crippen LogP) is 5.19. The Morgan fingerprint density at radius 2 is 2.00 bits per heavy atom. The number of hydrogen-bond donors (Lipinski definition) is 0. The van der Waals surface area contributed by atoms with E-state index in [1.54, 1.807) is 6.07 Å². The number of thiophene rings is 1. The number of benzene rings is 1. The van der Waals surface area contributed by atoms with Crippen LogP contribution in [0.2, 0.25) is 0 Å². The number of hydrogen-bond acceptors (Lipinski definition) is 3. The summed E-state index contributed by atoms with van der Waals surface area (Å²) in [5, 5.41) is 0. The fraction of sp³-hybridized carbons (Fsp3) is 0.188. The van der Waals surface area contributed by atoms with Crippen LogP contribution in [0.3, 0.4) is 0 Å². The van der Waals surface area contributed by atoms with Gasteiger partial charge in [-0.1, -0.05) is 18.2 Å². The van der Waals surface area contributed by atoms with Gasteiger partial charge in [-0.3, -0.25) is 4.79 Å². The molecule has 0 aliphatic carbocycles. The molecule has 0 N–H and O–H groups in total. The van der Waals surface area contributed by atoms with Crippen LogP contribution in [0.15, 0.2) is 42.5 Å². The van der Waals surface area contributed by atoms with Crippen LogP contribution >= 0.6 is 11.3 Å². The van der Waals surface area contributed by atoms with E-state index in [4.69, 9.17) is 0 Å². The van der Waals surface area contributed by atoms with Crippen LogP contribution in [0.25, 0.3) is 6.08 Å². The van der Waals surface area contributed by atoms with Crippen molar-refractivity contribution in [1.82, 2.24) is 0 Å². The molecule has 2 rings (SSSR count). The molecule has 23 heavy (non-hydrogen) atoms. The van der Waals surface area contributed by atoms with Crippen molar-refractivity contribution in [3.63, 3.8) is 0 Å². The van der Waals surface area contributed by atoms with E-state index < -0.39 is 18.3 Å². The van der Waals surface area contributed by atoms with Crippen LogP contribution < -0.4 is 4.74 Å². The Labute approximate surface area is 134 Å². The van der Waals surface area contributed by atoms with E-state index in [1.807, 2.05) is 13.0 Å². The van der Waals surface area contributed by atoms with Gasteiger partial charge in [-0.05, 0) is 42.8 Å². The van der Waals surface area contributed by atoms with Crippen molar-refractivity contribution in [2.24, 2.45) is 0 Å². The monoisotopic (exact) mass is 344 g/mol. The summed E-state index contributed by atoms with van der Waals surface area (Å²) in [5.41, 5.74) is 0.384. The summed E-state index contributed by atoms with van der Waals surface area (Å²) in [6, 6.07) is 8.70. The van der Waals surface area contributed by atoms with Crippen LogP contribution in [0.1, 0.15) is 20.1 Å². The van der Waals surface area contributed by atoms with Crippen molar-refractivity contribution in [3.8, 4) is 5.75 Å². The van der Waals surface area contributed by atoms with Crippen molar-refractivity contribution in [2.45, 2.75) is 19.5 Å². The molecule has 0 aliphatic rings. The summed E-state index contributed by atoms with van der Waals surface area (Å²) in [7, 11) is 0. The van der Waals surface area contributed by atoms with E-state index in [-0.39, 0.29) is 5.78 Å². The number of carbonyl (C=O) groups is 1. The Hall–Kier alpha value is -2.15. The summed E-state index contributed by atoms with van der Waals surface area (Å²) in [4.78, 5) is 13.5. The van der Waals surface area contributed by atoms with Crippen molar-refractivity contribution in [2.75, 3.05) is 0 Å². The van der Waals surface area contributed by atoms with Crippen LogP contribution in [0.4, 0.5) is 17.6 Å². The van der Waals surface area contributed by atoms with Crippen molar-refractivity contribution in [1.29, 1.82) is 0 Å². The molecule has 0 aliphatic heterocycles. The number of ketones is 1. The lowest BCUT2D eigenvalue weighted by molar-refractivity contribution is -0.253. The lowest BCUT2D eigenvalue weighted by atomic mass is 10.2. The van der Waals surface area contributed by atoms with Crippen molar-refractivity contribution < 1.29 is 27.1 Å². The largest absolute Gasteiger partial charge is 0.461 e. The Kier molecular flexibility index (Phi) is 5.20. The highest BCUT2D eigenvalue weighted by Gasteiger charge is 2.43. The highest BCUT2D eigenvalue weighted by atomic mass is 32.1. The molecule has 7 heteroatoms. The average Bonchev–Trinajstić information content (AvgIpc) is 2.91. The third-order valence-electron chi connectivity index (χ3n) is 2.78. The van der Waals surface area contributed by atoms with Crippen LogP contribution in [0.5, 0.6) is 5.75 Å². The molecule has 0 unspecified atom stereocenters. The summed E-state index contributed by atoms with van der Waals surface area (Å²) in [5.74, 6) is -0.635. The van der Waals surface area contributed by atoms with Gasteiger partial charge in [-0.25, -0.2) is 0 Å². The molecule has 0 radical (unpaired) electrons. The molecule has 0 fully saturated rings. The number of halogens is 4. The molecule has 1 aromatic carbocycles. The minimum Gasteiger partial charge on any atom is -0.428 e. The zero-order valence-electron chi connectivity index (χ0n) is 11.9. The Balaban J connectivity index is 2.11. The molecule has 2 nitrogen and oxygen atoms in total. The highest BCUT2D eigenvalue weighted by Crippen LogP contribution is 2.28. The first kappa shape index (κ1) is 17.2. The number of rotatable bonds is 6. The van der Waals surface area contributed by atoms with Gasteiger partial charge in [0.1, 0.15) is 5.75 Å². The van der Waals surface area contributed by atoms with E-state index in [0.717, 1.165) is 17.0 Å². The minimum atomic E-state index is -4.56. The summed E-state index contributed by atoms with van der Waals surface area (Å²) in [6.45, 7) is 1.87. The second-order valence-corrected chi connectivity index (χ2v) is 5.93. The fourth-order valence-corrected chi connectivity index (χ4v) is 2.49. The molecule has 2 aromatic rings. The number of carbonyl (C=O) groups excluding carboxylic acids is 1. The Morgan fingerprint density at radius 3 is 2.61 bits per heavy atom. The van der Waals surface area contributed by atoms with Gasteiger partial charge < -0.3 is 4.74 Å². The molecule has 0 atom stereocenters. The smallest absolute Gasteiger partial charge is 0.428 e. The van der Waals surface area contributed by atoms with Gasteiger partial charge in [0.15, 0.2) is 5.78 Å². The molecule has 1 heterocycles. The topological polar surface area (TPSA) is 26.3 Å². The standard InChI is InChI=1S/C16H12F4O2S/c1-10-5-8-14(23-10)13(21)7-6-11-3-2-4-12(9-11)22-16(19,20)15(17)18/h2-9,15H,1H3/b7-6+. The molecular weight excluding hydrogens is 332 g/mol. The van der Waals surface area contributed by atoms with Gasteiger partial charge in [0.2, 0.25) is 0 Å².